The minimum atomic E-state index is -0.581. The predicted molar refractivity (Wildman–Crippen MR) is 106 cm³/mol. The molecule has 0 heterocycles. The Morgan fingerprint density at radius 1 is 1.07 bits per heavy atom. The first kappa shape index (κ1) is 21.2. The maximum absolute atomic E-state index is 12.0. The van der Waals surface area contributed by atoms with Crippen molar-refractivity contribution in [3.05, 3.63) is 58.6 Å². The summed E-state index contributed by atoms with van der Waals surface area (Å²) in [6.07, 6.45) is -0.0711. The van der Waals surface area contributed by atoms with Gasteiger partial charge in [0.15, 0.2) is 6.61 Å². The number of nitrogens with one attached hydrogen (secondary N) is 1. The molecule has 7 nitrogen and oxygen atoms in total. The summed E-state index contributed by atoms with van der Waals surface area (Å²) in [6.45, 7) is -0.430. The summed E-state index contributed by atoms with van der Waals surface area (Å²) in [5.74, 6) is -0.692. The molecule has 0 atom stereocenters. The summed E-state index contributed by atoms with van der Waals surface area (Å²) in [4.78, 5) is 37.2. The lowest BCUT2D eigenvalue weighted by Crippen LogP contribution is -2.22. The molecule has 0 bridgehead atoms. The fourth-order valence-corrected chi connectivity index (χ4v) is 2.58. The van der Waals surface area contributed by atoms with Gasteiger partial charge in [-0.15, -0.1) is 0 Å². The van der Waals surface area contributed by atoms with Crippen LogP contribution in [0.1, 0.15) is 15.9 Å². The molecule has 0 aliphatic heterocycles. The molecule has 0 saturated carbocycles. The van der Waals surface area contributed by atoms with E-state index in [-0.39, 0.29) is 12.3 Å². The van der Waals surface area contributed by atoms with Gasteiger partial charge in [-0.3, -0.25) is 14.4 Å². The van der Waals surface area contributed by atoms with E-state index in [0.717, 1.165) is 0 Å². The minimum Gasteiger partial charge on any atom is -0.496 e. The fraction of sp³-hybridized carbons (Fsp3) is 0.250. The molecule has 2 amide bonds. The van der Waals surface area contributed by atoms with Crippen LogP contribution in [0.3, 0.4) is 0 Å². The molecule has 0 aliphatic carbocycles. The van der Waals surface area contributed by atoms with Crippen LogP contribution in [0.25, 0.3) is 0 Å². The molecule has 1 N–H and O–H groups in total. The normalized spacial score (nSPS) is 10.1. The highest BCUT2D eigenvalue weighted by molar-refractivity contribution is 6.30. The van der Waals surface area contributed by atoms with Crippen molar-refractivity contribution in [1.29, 1.82) is 0 Å². The average molecular weight is 405 g/mol. The molecular weight excluding hydrogens is 384 g/mol. The van der Waals surface area contributed by atoms with E-state index in [1.54, 1.807) is 56.6 Å². The molecule has 0 radical (unpaired) electrons. The van der Waals surface area contributed by atoms with Crippen molar-refractivity contribution >= 4 is 35.1 Å². The van der Waals surface area contributed by atoms with Gasteiger partial charge in [-0.05, 0) is 42.5 Å². The third kappa shape index (κ3) is 5.99. The third-order valence-electron chi connectivity index (χ3n) is 3.76. The van der Waals surface area contributed by atoms with Crippen LogP contribution in [-0.4, -0.2) is 50.5 Å². The average Bonchev–Trinajstić information content (AvgIpc) is 2.66. The maximum Gasteiger partial charge on any atom is 0.310 e. The number of halogens is 1. The van der Waals surface area contributed by atoms with Crippen LogP contribution in [-0.2, 0) is 20.7 Å². The zero-order valence-corrected chi connectivity index (χ0v) is 16.6. The molecule has 0 aromatic heterocycles. The van der Waals surface area contributed by atoms with Gasteiger partial charge < -0.3 is 19.7 Å². The first-order valence-electron chi connectivity index (χ1n) is 8.39. The Kier molecular flexibility index (Phi) is 7.40. The van der Waals surface area contributed by atoms with Gasteiger partial charge in [0.05, 0.1) is 13.5 Å². The highest BCUT2D eigenvalue weighted by Gasteiger charge is 2.13. The van der Waals surface area contributed by atoms with Crippen LogP contribution in [0.4, 0.5) is 5.69 Å². The molecule has 8 heteroatoms. The predicted octanol–water partition coefficient (Wildman–Crippen LogP) is 2.77. The second-order valence-electron chi connectivity index (χ2n) is 6.12. The molecule has 0 unspecified atom stereocenters. The van der Waals surface area contributed by atoms with Gasteiger partial charge >= 0.3 is 5.97 Å². The van der Waals surface area contributed by atoms with Crippen LogP contribution >= 0.6 is 11.6 Å². The lowest BCUT2D eigenvalue weighted by atomic mass is 10.1. The fourth-order valence-electron chi connectivity index (χ4n) is 2.39. The second kappa shape index (κ2) is 9.75. The Morgan fingerprint density at radius 3 is 2.36 bits per heavy atom. The number of benzene rings is 2. The Bertz CT molecular complexity index is 865. The van der Waals surface area contributed by atoms with Crippen molar-refractivity contribution in [2.45, 2.75) is 6.42 Å². The van der Waals surface area contributed by atoms with E-state index in [2.05, 4.69) is 5.32 Å². The monoisotopic (exact) mass is 404 g/mol. The van der Waals surface area contributed by atoms with E-state index < -0.39 is 18.5 Å². The Morgan fingerprint density at radius 2 is 1.75 bits per heavy atom. The molecule has 28 heavy (non-hydrogen) atoms. The molecule has 0 fully saturated rings. The van der Waals surface area contributed by atoms with Crippen molar-refractivity contribution in [3.63, 3.8) is 0 Å². The summed E-state index contributed by atoms with van der Waals surface area (Å²) >= 11 is 5.93. The van der Waals surface area contributed by atoms with Crippen LogP contribution in [0.5, 0.6) is 5.75 Å². The Labute approximate surface area is 168 Å². The van der Waals surface area contributed by atoms with Crippen molar-refractivity contribution in [1.82, 2.24) is 4.90 Å². The minimum absolute atomic E-state index is 0.0711. The highest BCUT2D eigenvalue weighted by atomic mass is 35.5. The lowest BCUT2D eigenvalue weighted by molar-refractivity contribution is -0.146. The standard InChI is InChI=1S/C20H21ClN2O5/c1-23(2)20(26)13-4-7-16(8-5-13)22-18(24)12-28-19(25)11-14-10-15(21)6-9-17(14)27-3/h4-10H,11-12H2,1-3H3,(H,22,24). The zero-order chi connectivity index (χ0) is 20.7. The molecule has 0 saturated heterocycles. The topological polar surface area (TPSA) is 84.9 Å². The third-order valence-corrected chi connectivity index (χ3v) is 4.00. The molecule has 148 valence electrons. The van der Waals surface area contributed by atoms with Crippen molar-refractivity contribution < 1.29 is 23.9 Å². The van der Waals surface area contributed by atoms with Gasteiger partial charge in [-0.2, -0.15) is 0 Å². The molecular formula is C20H21ClN2O5. The number of hydrogen-bond donors (Lipinski definition) is 1. The largest absolute Gasteiger partial charge is 0.496 e. The van der Waals surface area contributed by atoms with E-state index >= 15 is 0 Å². The number of esters is 1. The van der Waals surface area contributed by atoms with Crippen LogP contribution in [0, 0.1) is 0 Å². The molecule has 2 aromatic carbocycles. The van der Waals surface area contributed by atoms with E-state index in [4.69, 9.17) is 21.1 Å². The summed E-state index contributed by atoms with van der Waals surface area (Å²) in [5, 5.41) is 3.07. The molecule has 0 spiro atoms. The van der Waals surface area contributed by atoms with Crippen LogP contribution in [0.15, 0.2) is 42.5 Å². The Hall–Kier alpha value is -3.06. The summed E-state index contributed by atoms with van der Waals surface area (Å²) in [6, 6.07) is 11.3. The molecule has 2 rings (SSSR count). The van der Waals surface area contributed by atoms with Crippen LogP contribution in [0.2, 0.25) is 5.02 Å². The number of carbonyl (C=O) groups is 3. The smallest absolute Gasteiger partial charge is 0.310 e. The first-order valence-corrected chi connectivity index (χ1v) is 8.77. The van der Waals surface area contributed by atoms with Crippen molar-refractivity contribution in [2.75, 3.05) is 33.1 Å². The van der Waals surface area contributed by atoms with Crippen molar-refractivity contribution in [3.8, 4) is 5.75 Å². The van der Waals surface area contributed by atoms with Crippen LogP contribution < -0.4 is 10.1 Å². The SMILES string of the molecule is COc1ccc(Cl)cc1CC(=O)OCC(=O)Nc1ccc(C(=O)N(C)C)cc1. The van der Waals surface area contributed by atoms with Gasteiger partial charge in [0.1, 0.15) is 5.75 Å². The van der Waals surface area contributed by atoms with E-state index in [1.165, 1.54) is 12.0 Å². The van der Waals surface area contributed by atoms with Gasteiger partial charge in [-0.1, -0.05) is 11.6 Å². The van der Waals surface area contributed by atoms with E-state index in [1.807, 2.05) is 0 Å². The quantitative estimate of drug-likeness (QED) is 0.717. The highest BCUT2D eigenvalue weighted by Crippen LogP contribution is 2.23. The number of anilines is 1. The van der Waals surface area contributed by atoms with Gasteiger partial charge in [0.25, 0.3) is 11.8 Å². The summed E-state index contributed by atoms with van der Waals surface area (Å²) in [5.41, 5.74) is 1.57. The number of rotatable bonds is 7. The van der Waals surface area contributed by atoms with Crippen molar-refractivity contribution in [2.24, 2.45) is 0 Å². The maximum atomic E-state index is 12.0. The van der Waals surface area contributed by atoms with Gasteiger partial charge in [-0.25, -0.2) is 0 Å². The Balaban J connectivity index is 1.86. The number of hydrogen-bond acceptors (Lipinski definition) is 5. The number of amides is 2. The number of carbonyl (C=O) groups excluding carboxylic acids is 3. The summed E-state index contributed by atoms with van der Waals surface area (Å²) in [7, 11) is 4.81. The number of nitrogens with zero attached hydrogens (tertiary/aromatic N) is 1. The van der Waals surface area contributed by atoms with Gasteiger partial charge in [0.2, 0.25) is 0 Å². The van der Waals surface area contributed by atoms with E-state index in [0.29, 0.717) is 27.6 Å². The molecule has 0 aliphatic rings. The first-order chi connectivity index (χ1) is 13.3. The second-order valence-corrected chi connectivity index (χ2v) is 6.56. The number of methoxy groups -OCH3 is 1. The van der Waals surface area contributed by atoms with E-state index in [9.17, 15) is 14.4 Å². The summed E-state index contributed by atoms with van der Waals surface area (Å²) < 4.78 is 10.2. The van der Waals surface area contributed by atoms with Gasteiger partial charge in [0, 0.05) is 35.9 Å². The molecule has 2 aromatic rings. The number of ether oxygens (including phenoxy) is 2. The lowest BCUT2D eigenvalue weighted by Gasteiger charge is -2.11. The zero-order valence-electron chi connectivity index (χ0n) is 15.8.